The minimum atomic E-state index is -0.407. The Morgan fingerprint density at radius 3 is 2.25 bits per heavy atom. The number of imide groups is 1. The Labute approximate surface area is 150 Å². The van der Waals surface area contributed by atoms with Crippen molar-refractivity contribution >= 4 is 52.6 Å². The smallest absolute Gasteiger partial charge is 0.261 e. The van der Waals surface area contributed by atoms with Gasteiger partial charge in [0.15, 0.2) is 8.68 Å². The monoisotopic (exact) mass is 380 g/mol. The van der Waals surface area contributed by atoms with Gasteiger partial charge in [-0.25, -0.2) is 0 Å². The molecule has 0 aliphatic carbocycles. The van der Waals surface area contributed by atoms with Crippen molar-refractivity contribution in [2.24, 2.45) is 5.73 Å². The molecule has 2 N–H and O–H groups in total. The van der Waals surface area contributed by atoms with Crippen molar-refractivity contribution in [3.05, 3.63) is 35.4 Å². The van der Waals surface area contributed by atoms with Crippen molar-refractivity contribution in [3.63, 3.8) is 0 Å². The molecule has 0 bridgehead atoms. The molecule has 0 radical (unpaired) electrons. The quantitative estimate of drug-likeness (QED) is 0.573. The highest BCUT2D eigenvalue weighted by atomic mass is 32.2. The number of primary amides is 1. The van der Waals surface area contributed by atoms with Crippen molar-refractivity contribution in [2.45, 2.75) is 8.68 Å². The first-order valence-corrected chi connectivity index (χ1v) is 9.67. The molecule has 1 aromatic carbocycles. The number of nitrogens with zero attached hydrogens (tertiary/aromatic N) is 3. The maximum Gasteiger partial charge on any atom is 0.261 e. The van der Waals surface area contributed by atoms with Crippen LogP contribution >= 0.6 is 34.9 Å². The zero-order chi connectivity index (χ0) is 17.1. The van der Waals surface area contributed by atoms with E-state index in [2.05, 4.69) is 10.2 Å². The molecule has 0 saturated carbocycles. The Hall–Kier alpha value is -1.91. The van der Waals surface area contributed by atoms with Gasteiger partial charge in [0.2, 0.25) is 5.91 Å². The summed E-state index contributed by atoms with van der Waals surface area (Å²) in [5.74, 6) is -0.234. The molecule has 1 aromatic heterocycles. The number of carbonyl (C=O) groups is 3. The first-order valence-electron chi connectivity index (χ1n) is 6.89. The van der Waals surface area contributed by atoms with Gasteiger partial charge in [-0.1, -0.05) is 47.0 Å². The van der Waals surface area contributed by atoms with Gasteiger partial charge < -0.3 is 5.73 Å². The molecule has 2 heterocycles. The van der Waals surface area contributed by atoms with Gasteiger partial charge in [-0.05, 0) is 12.1 Å². The SMILES string of the molecule is NC(=O)CSc1nnc(SCCN2C(=O)c3ccccc3C2=O)s1. The lowest BCUT2D eigenvalue weighted by molar-refractivity contribution is -0.115. The molecule has 0 spiro atoms. The van der Waals surface area contributed by atoms with E-state index in [0.29, 0.717) is 27.8 Å². The van der Waals surface area contributed by atoms with Crippen LogP contribution < -0.4 is 5.73 Å². The minimum Gasteiger partial charge on any atom is -0.369 e. The summed E-state index contributed by atoms with van der Waals surface area (Å²) >= 11 is 4.01. The number of hydrogen-bond donors (Lipinski definition) is 1. The highest BCUT2D eigenvalue weighted by Gasteiger charge is 2.34. The predicted molar refractivity (Wildman–Crippen MR) is 92.4 cm³/mol. The third kappa shape index (κ3) is 3.60. The lowest BCUT2D eigenvalue weighted by Crippen LogP contribution is -2.31. The van der Waals surface area contributed by atoms with E-state index < -0.39 is 5.91 Å². The molecule has 0 unspecified atom stereocenters. The van der Waals surface area contributed by atoms with Crippen LogP contribution in [0.1, 0.15) is 20.7 Å². The topological polar surface area (TPSA) is 106 Å². The number of benzene rings is 1. The van der Waals surface area contributed by atoms with Gasteiger partial charge in [0.1, 0.15) is 0 Å². The number of amides is 3. The van der Waals surface area contributed by atoms with E-state index in [1.165, 1.54) is 39.8 Å². The summed E-state index contributed by atoms with van der Waals surface area (Å²) in [6.45, 7) is 0.306. The van der Waals surface area contributed by atoms with Crippen LogP contribution in [0.5, 0.6) is 0 Å². The van der Waals surface area contributed by atoms with Gasteiger partial charge in [-0.15, -0.1) is 10.2 Å². The molecule has 0 atom stereocenters. The number of thioether (sulfide) groups is 2. The van der Waals surface area contributed by atoms with E-state index in [-0.39, 0.29) is 17.6 Å². The molecular formula is C14H12N4O3S3. The third-order valence-corrected chi connectivity index (χ3v) is 6.34. The van der Waals surface area contributed by atoms with E-state index in [1.54, 1.807) is 24.3 Å². The standard InChI is InChI=1S/C14H12N4O3S3/c15-10(19)7-23-14-17-16-13(24-14)22-6-5-18-11(20)8-3-1-2-4-9(8)12(18)21/h1-4H,5-7H2,(H2,15,19). The van der Waals surface area contributed by atoms with Crippen LogP contribution in [0.3, 0.4) is 0 Å². The van der Waals surface area contributed by atoms with E-state index in [1.807, 2.05) is 0 Å². The van der Waals surface area contributed by atoms with Crippen LogP contribution in [-0.2, 0) is 4.79 Å². The first-order chi connectivity index (χ1) is 11.6. The summed E-state index contributed by atoms with van der Waals surface area (Å²) in [6, 6.07) is 6.81. The molecule has 1 aliphatic rings. The lowest BCUT2D eigenvalue weighted by Gasteiger charge is -2.12. The van der Waals surface area contributed by atoms with Gasteiger partial charge in [-0.2, -0.15) is 0 Å². The summed E-state index contributed by atoms with van der Waals surface area (Å²) in [4.78, 5) is 36.4. The number of nitrogens with two attached hydrogens (primary N) is 1. The molecule has 0 fully saturated rings. The van der Waals surface area contributed by atoms with E-state index in [0.717, 1.165) is 4.34 Å². The molecule has 0 saturated heterocycles. The summed E-state index contributed by atoms with van der Waals surface area (Å²) in [7, 11) is 0. The second kappa shape index (κ2) is 7.32. The maximum atomic E-state index is 12.2. The molecule has 2 aromatic rings. The van der Waals surface area contributed by atoms with Crippen molar-refractivity contribution in [3.8, 4) is 0 Å². The van der Waals surface area contributed by atoms with Crippen LogP contribution in [0.4, 0.5) is 0 Å². The Morgan fingerprint density at radius 2 is 1.67 bits per heavy atom. The van der Waals surface area contributed by atoms with Crippen LogP contribution in [0.2, 0.25) is 0 Å². The molecule has 1 aliphatic heterocycles. The largest absolute Gasteiger partial charge is 0.369 e. The van der Waals surface area contributed by atoms with E-state index in [4.69, 9.17) is 5.73 Å². The number of rotatable bonds is 7. The number of carbonyl (C=O) groups excluding carboxylic acids is 3. The van der Waals surface area contributed by atoms with Gasteiger partial charge >= 0.3 is 0 Å². The zero-order valence-corrected chi connectivity index (χ0v) is 14.7. The molecule has 124 valence electrons. The molecule has 3 amide bonds. The highest BCUT2D eigenvalue weighted by molar-refractivity contribution is 8.03. The van der Waals surface area contributed by atoms with Crippen molar-refractivity contribution in [1.82, 2.24) is 15.1 Å². The lowest BCUT2D eigenvalue weighted by atomic mass is 10.1. The Kier molecular flexibility index (Phi) is 5.17. The van der Waals surface area contributed by atoms with Crippen molar-refractivity contribution < 1.29 is 14.4 Å². The summed E-state index contributed by atoms with van der Waals surface area (Å²) in [5.41, 5.74) is 5.99. The Bertz CT molecular complexity index is 773. The van der Waals surface area contributed by atoms with Gasteiger partial charge in [0.25, 0.3) is 11.8 Å². The fourth-order valence-electron chi connectivity index (χ4n) is 2.11. The zero-order valence-electron chi connectivity index (χ0n) is 12.3. The van der Waals surface area contributed by atoms with Crippen molar-refractivity contribution in [1.29, 1.82) is 0 Å². The fourth-order valence-corrected chi connectivity index (χ4v) is 4.87. The summed E-state index contributed by atoms with van der Waals surface area (Å²) in [5, 5.41) is 7.96. The van der Waals surface area contributed by atoms with Gasteiger partial charge in [0.05, 0.1) is 16.9 Å². The van der Waals surface area contributed by atoms with Crippen LogP contribution in [0.25, 0.3) is 0 Å². The normalized spacial score (nSPS) is 13.4. The summed E-state index contributed by atoms with van der Waals surface area (Å²) < 4.78 is 1.38. The highest BCUT2D eigenvalue weighted by Crippen LogP contribution is 2.29. The van der Waals surface area contributed by atoms with Gasteiger partial charge in [-0.3, -0.25) is 19.3 Å². The molecular weight excluding hydrogens is 368 g/mol. The second-order valence-electron chi connectivity index (χ2n) is 4.74. The average Bonchev–Trinajstić information content (AvgIpc) is 3.12. The minimum absolute atomic E-state index is 0.161. The van der Waals surface area contributed by atoms with Crippen LogP contribution in [0.15, 0.2) is 32.9 Å². The van der Waals surface area contributed by atoms with Crippen molar-refractivity contribution in [2.75, 3.05) is 18.1 Å². The molecule has 10 heteroatoms. The fraction of sp³-hybridized carbons (Fsp3) is 0.214. The van der Waals surface area contributed by atoms with E-state index in [9.17, 15) is 14.4 Å². The average molecular weight is 380 g/mol. The Morgan fingerprint density at radius 1 is 1.08 bits per heavy atom. The Balaban J connectivity index is 1.53. The third-order valence-electron chi connectivity index (χ3n) is 3.14. The van der Waals surface area contributed by atoms with Crippen LogP contribution in [0, 0.1) is 0 Å². The van der Waals surface area contributed by atoms with E-state index >= 15 is 0 Å². The molecule has 24 heavy (non-hydrogen) atoms. The number of hydrogen-bond acceptors (Lipinski definition) is 8. The molecule has 3 rings (SSSR count). The number of fused-ring (bicyclic) bond motifs is 1. The maximum absolute atomic E-state index is 12.2. The predicted octanol–water partition coefficient (Wildman–Crippen LogP) is 1.50. The first kappa shape index (κ1) is 16.9. The second-order valence-corrected chi connectivity index (χ2v) is 8.29. The number of aromatic nitrogens is 2. The van der Waals surface area contributed by atoms with Crippen LogP contribution in [-0.4, -0.2) is 50.9 Å². The summed E-state index contributed by atoms with van der Waals surface area (Å²) in [6.07, 6.45) is 0. The molecule has 7 nitrogen and oxygen atoms in total. The van der Waals surface area contributed by atoms with Gasteiger partial charge in [0, 0.05) is 12.3 Å².